The molecule has 5 heteroatoms. The summed E-state index contributed by atoms with van der Waals surface area (Å²) in [6.07, 6.45) is 0.254. The minimum absolute atomic E-state index is 0.414. The Kier molecular flexibility index (Phi) is 5.03. The number of rotatable bonds is 4. The molecular weight excluding hydrogens is 244 g/mol. The Labute approximate surface area is 114 Å². The standard InChI is InChI=1S/C14H22N2O3/c1-14(2,3)19-13(17)16-6-5-10-7-11(15)9-12(8-10)18-4/h7-9H,5-6,15H2,1-4H3,(H,16,17). The summed E-state index contributed by atoms with van der Waals surface area (Å²) in [4.78, 5) is 11.5. The lowest BCUT2D eigenvalue weighted by Gasteiger charge is -2.19. The van der Waals surface area contributed by atoms with Gasteiger partial charge in [0.1, 0.15) is 11.4 Å². The number of hydrogen-bond acceptors (Lipinski definition) is 4. The number of nitrogen functional groups attached to an aromatic ring is 1. The molecule has 3 N–H and O–H groups in total. The van der Waals surface area contributed by atoms with Crippen LogP contribution in [-0.4, -0.2) is 25.3 Å². The lowest BCUT2D eigenvalue weighted by molar-refractivity contribution is 0.0528. The first-order chi connectivity index (χ1) is 8.80. The van der Waals surface area contributed by atoms with E-state index in [-0.39, 0.29) is 0 Å². The van der Waals surface area contributed by atoms with Gasteiger partial charge in [0.25, 0.3) is 0 Å². The van der Waals surface area contributed by atoms with Gasteiger partial charge in [0, 0.05) is 18.3 Å². The van der Waals surface area contributed by atoms with Crippen LogP contribution in [0.5, 0.6) is 5.75 Å². The molecule has 0 unspecified atom stereocenters. The molecule has 0 radical (unpaired) electrons. The highest BCUT2D eigenvalue weighted by Crippen LogP contribution is 2.18. The second kappa shape index (κ2) is 6.31. The van der Waals surface area contributed by atoms with Gasteiger partial charge >= 0.3 is 6.09 Å². The molecule has 0 saturated heterocycles. The highest BCUT2D eigenvalue weighted by atomic mass is 16.6. The second-order valence-corrected chi connectivity index (χ2v) is 5.29. The molecule has 1 amide bonds. The van der Waals surface area contributed by atoms with Crippen molar-refractivity contribution in [3.63, 3.8) is 0 Å². The lowest BCUT2D eigenvalue weighted by atomic mass is 10.1. The maximum absolute atomic E-state index is 11.5. The van der Waals surface area contributed by atoms with E-state index in [4.69, 9.17) is 15.2 Å². The van der Waals surface area contributed by atoms with Gasteiger partial charge in [-0.3, -0.25) is 0 Å². The van der Waals surface area contributed by atoms with Crippen LogP contribution in [0.25, 0.3) is 0 Å². The molecule has 1 aromatic carbocycles. The number of hydrogen-bond donors (Lipinski definition) is 2. The molecule has 0 bridgehead atoms. The van der Waals surface area contributed by atoms with E-state index in [1.807, 2.05) is 32.9 Å². The molecule has 0 atom stereocenters. The number of amides is 1. The van der Waals surface area contributed by atoms with Crippen molar-refractivity contribution in [3.8, 4) is 5.75 Å². The smallest absolute Gasteiger partial charge is 0.407 e. The van der Waals surface area contributed by atoms with E-state index >= 15 is 0 Å². The average molecular weight is 266 g/mol. The quantitative estimate of drug-likeness (QED) is 0.820. The maximum atomic E-state index is 11.5. The number of nitrogens with one attached hydrogen (secondary N) is 1. The van der Waals surface area contributed by atoms with Gasteiger partial charge in [-0.25, -0.2) is 4.79 Å². The van der Waals surface area contributed by atoms with Crippen LogP contribution in [-0.2, 0) is 11.2 Å². The molecule has 5 nitrogen and oxygen atoms in total. The molecule has 19 heavy (non-hydrogen) atoms. The molecular formula is C14H22N2O3. The van der Waals surface area contributed by atoms with Gasteiger partial charge in [0.2, 0.25) is 0 Å². The Bertz CT molecular complexity index is 439. The van der Waals surface area contributed by atoms with Crippen LogP contribution in [0, 0.1) is 0 Å². The summed E-state index contributed by atoms with van der Waals surface area (Å²) >= 11 is 0. The molecule has 1 rings (SSSR count). The molecule has 0 saturated carbocycles. The first-order valence-corrected chi connectivity index (χ1v) is 6.20. The van der Waals surface area contributed by atoms with Crippen molar-refractivity contribution in [1.82, 2.24) is 5.32 Å². The highest BCUT2D eigenvalue weighted by Gasteiger charge is 2.15. The van der Waals surface area contributed by atoms with Gasteiger partial charge < -0.3 is 20.5 Å². The zero-order valence-electron chi connectivity index (χ0n) is 11.9. The minimum atomic E-state index is -0.482. The van der Waals surface area contributed by atoms with E-state index in [0.29, 0.717) is 24.4 Å². The minimum Gasteiger partial charge on any atom is -0.497 e. The molecule has 0 aliphatic carbocycles. The Balaban J connectivity index is 2.45. The second-order valence-electron chi connectivity index (χ2n) is 5.29. The third kappa shape index (κ3) is 5.99. The predicted octanol–water partition coefficient (Wildman–Crippen LogP) is 2.34. The van der Waals surface area contributed by atoms with E-state index in [0.717, 1.165) is 5.56 Å². The summed E-state index contributed by atoms with van der Waals surface area (Å²) in [5, 5.41) is 2.70. The van der Waals surface area contributed by atoms with Gasteiger partial charge in [-0.05, 0) is 44.9 Å². The zero-order chi connectivity index (χ0) is 14.5. The van der Waals surface area contributed by atoms with Gasteiger partial charge in [-0.1, -0.05) is 0 Å². The van der Waals surface area contributed by atoms with Crippen LogP contribution in [0.3, 0.4) is 0 Å². The van der Waals surface area contributed by atoms with Gasteiger partial charge in [-0.15, -0.1) is 0 Å². The number of benzene rings is 1. The lowest BCUT2D eigenvalue weighted by Crippen LogP contribution is -2.33. The third-order valence-electron chi connectivity index (χ3n) is 2.31. The highest BCUT2D eigenvalue weighted by molar-refractivity contribution is 5.67. The number of ether oxygens (including phenoxy) is 2. The van der Waals surface area contributed by atoms with Crippen LogP contribution in [0.4, 0.5) is 10.5 Å². The van der Waals surface area contributed by atoms with Crippen molar-refractivity contribution < 1.29 is 14.3 Å². The fourth-order valence-corrected chi connectivity index (χ4v) is 1.57. The van der Waals surface area contributed by atoms with Crippen molar-refractivity contribution in [2.75, 3.05) is 19.4 Å². The Hall–Kier alpha value is -1.91. The van der Waals surface area contributed by atoms with E-state index in [1.54, 1.807) is 13.2 Å². The molecule has 0 spiro atoms. The van der Waals surface area contributed by atoms with E-state index < -0.39 is 11.7 Å². The van der Waals surface area contributed by atoms with Crippen LogP contribution in [0.15, 0.2) is 18.2 Å². The molecule has 0 aromatic heterocycles. The van der Waals surface area contributed by atoms with Crippen LogP contribution < -0.4 is 15.8 Å². The summed E-state index contributed by atoms with van der Waals surface area (Å²) in [7, 11) is 1.59. The van der Waals surface area contributed by atoms with Crippen LogP contribution in [0.2, 0.25) is 0 Å². The van der Waals surface area contributed by atoms with E-state index in [1.165, 1.54) is 0 Å². The largest absolute Gasteiger partial charge is 0.497 e. The summed E-state index contributed by atoms with van der Waals surface area (Å²) in [5.74, 6) is 0.715. The monoisotopic (exact) mass is 266 g/mol. The van der Waals surface area contributed by atoms with Crippen LogP contribution in [0.1, 0.15) is 26.3 Å². The van der Waals surface area contributed by atoms with Gasteiger partial charge in [0.15, 0.2) is 0 Å². The fraction of sp³-hybridized carbons (Fsp3) is 0.500. The summed E-state index contributed by atoms with van der Waals surface area (Å²) in [6, 6.07) is 5.51. The Morgan fingerprint density at radius 3 is 2.58 bits per heavy atom. The Morgan fingerprint density at radius 2 is 2.00 bits per heavy atom. The number of alkyl carbamates (subject to hydrolysis) is 1. The Morgan fingerprint density at radius 1 is 1.32 bits per heavy atom. The molecule has 0 heterocycles. The van der Waals surface area contributed by atoms with Crippen molar-refractivity contribution >= 4 is 11.8 Å². The molecule has 0 aliphatic heterocycles. The number of carbonyl (C=O) groups excluding carboxylic acids is 1. The summed E-state index contributed by atoms with van der Waals surface area (Å²) in [6.45, 7) is 5.97. The van der Waals surface area contributed by atoms with Crippen molar-refractivity contribution in [2.45, 2.75) is 32.8 Å². The van der Waals surface area contributed by atoms with Crippen molar-refractivity contribution in [3.05, 3.63) is 23.8 Å². The molecule has 106 valence electrons. The normalized spacial score (nSPS) is 10.9. The molecule has 1 aromatic rings. The van der Waals surface area contributed by atoms with Crippen molar-refractivity contribution in [2.24, 2.45) is 0 Å². The van der Waals surface area contributed by atoms with E-state index in [9.17, 15) is 4.79 Å². The summed E-state index contributed by atoms with van der Waals surface area (Å²) < 4.78 is 10.3. The van der Waals surface area contributed by atoms with Gasteiger partial charge in [-0.2, -0.15) is 0 Å². The number of carbonyl (C=O) groups is 1. The predicted molar refractivity (Wildman–Crippen MR) is 75.3 cm³/mol. The zero-order valence-corrected chi connectivity index (χ0v) is 11.9. The molecule has 0 fully saturated rings. The number of methoxy groups -OCH3 is 1. The third-order valence-corrected chi connectivity index (χ3v) is 2.31. The van der Waals surface area contributed by atoms with E-state index in [2.05, 4.69) is 5.32 Å². The topological polar surface area (TPSA) is 73.6 Å². The summed E-state index contributed by atoms with van der Waals surface area (Å²) in [5.41, 5.74) is 6.93. The van der Waals surface area contributed by atoms with Gasteiger partial charge in [0.05, 0.1) is 7.11 Å². The number of nitrogens with two attached hydrogens (primary N) is 1. The number of anilines is 1. The first kappa shape index (κ1) is 15.1. The van der Waals surface area contributed by atoms with Crippen molar-refractivity contribution in [1.29, 1.82) is 0 Å². The first-order valence-electron chi connectivity index (χ1n) is 6.20. The fourth-order valence-electron chi connectivity index (χ4n) is 1.57. The SMILES string of the molecule is COc1cc(N)cc(CCNC(=O)OC(C)(C)C)c1. The molecule has 0 aliphatic rings. The maximum Gasteiger partial charge on any atom is 0.407 e. The average Bonchev–Trinajstić information content (AvgIpc) is 2.25. The van der Waals surface area contributed by atoms with Crippen LogP contribution >= 0.6 is 0 Å².